The molecular formula is C13H20F3N3. The second-order valence-electron chi connectivity index (χ2n) is 4.57. The third-order valence-corrected chi connectivity index (χ3v) is 3.15. The van der Waals surface area contributed by atoms with Crippen molar-refractivity contribution in [3.05, 3.63) is 23.9 Å². The topological polar surface area (TPSA) is 28.2 Å². The third kappa shape index (κ3) is 5.06. The largest absolute Gasteiger partial charge is 0.433 e. The van der Waals surface area contributed by atoms with Crippen LogP contribution in [0.15, 0.2) is 18.2 Å². The fourth-order valence-corrected chi connectivity index (χ4v) is 1.58. The van der Waals surface area contributed by atoms with Gasteiger partial charge >= 0.3 is 6.18 Å². The zero-order chi connectivity index (χ0) is 14.5. The van der Waals surface area contributed by atoms with E-state index >= 15 is 0 Å². The monoisotopic (exact) mass is 275 g/mol. The van der Waals surface area contributed by atoms with E-state index in [1.807, 2.05) is 7.05 Å². The van der Waals surface area contributed by atoms with E-state index in [1.54, 1.807) is 6.07 Å². The van der Waals surface area contributed by atoms with Crippen LogP contribution in [-0.4, -0.2) is 36.1 Å². The van der Waals surface area contributed by atoms with Crippen molar-refractivity contribution in [2.45, 2.75) is 32.5 Å². The van der Waals surface area contributed by atoms with Crippen molar-refractivity contribution >= 4 is 5.82 Å². The van der Waals surface area contributed by atoms with Gasteiger partial charge in [0.25, 0.3) is 0 Å². The van der Waals surface area contributed by atoms with Crippen LogP contribution in [0.1, 0.15) is 26.0 Å². The summed E-state index contributed by atoms with van der Waals surface area (Å²) in [7, 11) is 2.00. The van der Waals surface area contributed by atoms with Gasteiger partial charge in [-0.15, -0.1) is 0 Å². The van der Waals surface area contributed by atoms with E-state index in [9.17, 15) is 13.2 Å². The van der Waals surface area contributed by atoms with Crippen molar-refractivity contribution in [3.63, 3.8) is 0 Å². The molecule has 0 amide bonds. The summed E-state index contributed by atoms with van der Waals surface area (Å²) in [6.07, 6.45) is -3.36. The summed E-state index contributed by atoms with van der Waals surface area (Å²) in [6, 6.07) is 4.32. The van der Waals surface area contributed by atoms with Gasteiger partial charge in [-0.25, -0.2) is 4.98 Å². The average molecular weight is 275 g/mol. The Morgan fingerprint density at radius 3 is 2.63 bits per heavy atom. The van der Waals surface area contributed by atoms with Crippen molar-refractivity contribution < 1.29 is 13.2 Å². The van der Waals surface area contributed by atoms with Crippen molar-refractivity contribution in [1.29, 1.82) is 0 Å². The van der Waals surface area contributed by atoms with Crippen molar-refractivity contribution in [2.24, 2.45) is 0 Å². The normalized spacial score (nSPS) is 13.6. The number of hydrogen-bond acceptors (Lipinski definition) is 3. The Morgan fingerprint density at radius 2 is 2.05 bits per heavy atom. The van der Waals surface area contributed by atoms with Crippen LogP contribution in [0.25, 0.3) is 0 Å². The van der Waals surface area contributed by atoms with E-state index in [2.05, 4.69) is 29.0 Å². The molecule has 0 aliphatic rings. The maximum Gasteiger partial charge on any atom is 0.433 e. The molecule has 0 fully saturated rings. The van der Waals surface area contributed by atoms with Crippen LogP contribution in [0.5, 0.6) is 0 Å². The number of nitrogens with zero attached hydrogens (tertiary/aromatic N) is 2. The molecule has 0 aromatic carbocycles. The quantitative estimate of drug-likeness (QED) is 0.864. The molecular weight excluding hydrogens is 255 g/mol. The van der Waals surface area contributed by atoms with Gasteiger partial charge in [0.2, 0.25) is 0 Å². The first kappa shape index (κ1) is 15.8. The minimum Gasteiger partial charge on any atom is -0.369 e. The van der Waals surface area contributed by atoms with E-state index < -0.39 is 11.9 Å². The van der Waals surface area contributed by atoms with Gasteiger partial charge in [-0.1, -0.05) is 13.0 Å². The van der Waals surface area contributed by atoms with Gasteiger partial charge < -0.3 is 10.2 Å². The lowest BCUT2D eigenvalue weighted by Gasteiger charge is -2.23. The van der Waals surface area contributed by atoms with Crippen molar-refractivity contribution in [2.75, 3.05) is 25.5 Å². The molecule has 1 unspecified atom stereocenters. The first-order chi connectivity index (χ1) is 8.84. The van der Waals surface area contributed by atoms with Gasteiger partial charge in [0.05, 0.1) is 0 Å². The number of nitrogens with one attached hydrogen (secondary N) is 1. The van der Waals surface area contributed by atoms with Gasteiger partial charge in [0.15, 0.2) is 0 Å². The number of pyridine rings is 1. The maximum atomic E-state index is 12.5. The highest BCUT2D eigenvalue weighted by Crippen LogP contribution is 2.28. The van der Waals surface area contributed by atoms with Gasteiger partial charge in [-0.3, -0.25) is 0 Å². The first-order valence-corrected chi connectivity index (χ1v) is 6.33. The SMILES string of the molecule is CCC(C)N(C)CCNc1cccc(C(F)(F)F)n1. The molecule has 1 aromatic rings. The predicted molar refractivity (Wildman–Crippen MR) is 70.1 cm³/mol. The Balaban J connectivity index is 2.50. The number of halogens is 3. The summed E-state index contributed by atoms with van der Waals surface area (Å²) < 4.78 is 37.4. The van der Waals surface area contributed by atoms with Crippen molar-refractivity contribution in [3.8, 4) is 0 Å². The highest BCUT2D eigenvalue weighted by Gasteiger charge is 2.32. The van der Waals surface area contributed by atoms with Crippen LogP contribution in [0.2, 0.25) is 0 Å². The van der Waals surface area contributed by atoms with Crippen LogP contribution in [0, 0.1) is 0 Å². The molecule has 19 heavy (non-hydrogen) atoms. The van der Waals surface area contributed by atoms with Gasteiger partial charge in [-0.05, 0) is 32.5 Å². The van der Waals surface area contributed by atoms with Gasteiger partial charge in [-0.2, -0.15) is 13.2 Å². The molecule has 1 heterocycles. The molecule has 0 aliphatic carbocycles. The molecule has 1 atom stereocenters. The minimum absolute atomic E-state index is 0.257. The molecule has 0 radical (unpaired) electrons. The third-order valence-electron chi connectivity index (χ3n) is 3.15. The molecule has 1 N–H and O–H groups in total. The van der Waals surface area contributed by atoms with E-state index in [-0.39, 0.29) is 5.82 Å². The summed E-state index contributed by atoms with van der Waals surface area (Å²) in [6.45, 7) is 5.54. The average Bonchev–Trinajstić information content (AvgIpc) is 2.37. The summed E-state index contributed by atoms with van der Waals surface area (Å²) in [5.74, 6) is 0.257. The number of likely N-dealkylation sites (N-methyl/N-ethyl adjacent to an activating group) is 1. The van der Waals surface area contributed by atoms with Crippen LogP contribution in [0.3, 0.4) is 0 Å². The summed E-state index contributed by atoms with van der Waals surface area (Å²) in [4.78, 5) is 5.70. The van der Waals surface area contributed by atoms with E-state index in [0.29, 0.717) is 12.6 Å². The predicted octanol–water partition coefficient (Wildman–Crippen LogP) is 3.24. The first-order valence-electron chi connectivity index (χ1n) is 6.33. The Bertz CT molecular complexity index is 393. The Hall–Kier alpha value is -1.30. The van der Waals surface area contributed by atoms with Crippen LogP contribution in [-0.2, 0) is 6.18 Å². The molecule has 108 valence electrons. The lowest BCUT2D eigenvalue weighted by atomic mass is 10.2. The molecule has 0 saturated heterocycles. The zero-order valence-corrected chi connectivity index (χ0v) is 11.5. The number of rotatable bonds is 6. The molecule has 0 bridgehead atoms. The smallest absolute Gasteiger partial charge is 0.369 e. The van der Waals surface area contributed by atoms with Gasteiger partial charge in [0, 0.05) is 19.1 Å². The second-order valence-corrected chi connectivity index (χ2v) is 4.57. The van der Waals surface area contributed by atoms with Gasteiger partial charge in [0.1, 0.15) is 11.5 Å². The number of anilines is 1. The molecule has 1 aromatic heterocycles. The fourth-order valence-electron chi connectivity index (χ4n) is 1.58. The molecule has 0 saturated carbocycles. The fraction of sp³-hybridized carbons (Fsp3) is 0.615. The molecule has 0 spiro atoms. The molecule has 1 rings (SSSR count). The molecule has 6 heteroatoms. The molecule has 3 nitrogen and oxygen atoms in total. The highest BCUT2D eigenvalue weighted by molar-refractivity contribution is 5.35. The van der Waals surface area contributed by atoms with E-state index in [0.717, 1.165) is 19.0 Å². The van der Waals surface area contributed by atoms with E-state index in [4.69, 9.17) is 0 Å². The number of alkyl halides is 3. The van der Waals surface area contributed by atoms with Crippen LogP contribution >= 0.6 is 0 Å². The summed E-state index contributed by atoms with van der Waals surface area (Å²) >= 11 is 0. The van der Waals surface area contributed by atoms with Crippen LogP contribution < -0.4 is 5.32 Å². The standard InChI is InChI=1S/C13H20F3N3/c1-4-10(2)19(3)9-8-17-12-7-5-6-11(18-12)13(14,15)16/h5-7,10H,4,8-9H2,1-3H3,(H,17,18). The van der Waals surface area contributed by atoms with Crippen molar-refractivity contribution in [1.82, 2.24) is 9.88 Å². The highest BCUT2D eigenvalue weighted by atomic mass is 19.4. The van der Waals surface area contributed by atoms with Crippen LogP contribution in [0.4, 0.5) is 19.0 Å². The maximum absolute atomic E-state index is 12.5. The molecule has 0 aliphatic heterocycles. The minimum atomic E-state index is -4.40. The Labute approximate surface area is 111 Å². The summed E-state index contributed by atoms with van der Waals surface area (Å²) in [5.41, 5.74) is -0.868. The lowest BCUT2D eigenvalue weighted by molar-refractivity contribution is -0.141. The summed E-state index contributed by atoms with van der Waals surface area (Å²) in [5, 5.41) is 2.91. The number of aromatic nitrogens is 1. The Morgan fingerprint density at radius 1 is 1.37 bits per heavy atom. The zero-order valence-electron chi connectivity index (χ0n) is 11.5. The number of hydrogen-bond donors (Lipinski definition) is 1. The second kappa shape index (κ2) is 6.75. The lowest BCUT2D eigenvalue weighted by Crippen LogP contribution is -2.32. The Kier molecular flexibility index (Phi) is 5.60. The van der Waals surface area contributed by atoms with E-state index in [1.165, 1.54) is 6.07 Å².